The van der Waals surface area contributed by atoms with E-state index in [9.17, 15) is 9.18 Å². The Morgan fingerprint density at radius 2 is 1.96 bits per heavy atom. The number of hydrazone groups is 1. The number of amides is 1. The number of carbonyl (C=O) groups is 1. The molecule has 1 aromatic heterocycles. The molecular weight excluding hydrogens is 369 g/mol. The minimum absolute atomic E-state index is 0.00818. The SMILES string of the molecule is Cc1ccc(-c2ccc(/C=N\NC(=O)CNc3ccc(F)cc3)o2)cc1Cl. The summed E-state index contributed by atoms with van der Waals surface area (Å²) in [6, 6.07) is 14.9. The summed E-state index contributed by atoms with van der Waals surface area (Å²) in [7, 11) is 0. The summed E-state index contributed by atoms with van der Waals surface area (Å²) in [5.41, 5.74) is 4.88. The maximum atomic E-state index is 12.8. The molecule has 0 aliphatic carbocycles. The zero-order valence-corrected chi connectivity index (χ0v) is 15.3. The molecule has 0 unspecified atom stereocenters. The molecule has 0 bridgehead atoms. The molecule has 138 valence electrons. The van der Waals surface area contributed by atoms with E-state index in [1.165, 1.54) is 18.3 Å². The second kappa shape index (κ2) is 8.51. The van der Waals surface area contributed by atoms with Crippen molar-refractivity contribution < 1.29 is 13.6 Å². The van der Waals surface area contributed by atoms with Gasteiger partial charge in [0.05, 0.1) is 12.8 Å². The maximum Gasteiger partial charge on any atom is 0.259 e. The first-order valence-corrected chi connectivity index (χ1v) is 8.57. The fraction of sp³-hybridized carbons (Fsp3) is 0.100. The Kier molecular flexibility index (Phi) is 5.88. The van der Waals surface area contributed by atoms with Crippen LogP contribution in [0.25, 0.3) is 11.3 Å². The van der Waals surface area contributed by atoms with Crippen molar-refractivity contribution in [1.29, 1.82) is 0 Å². The van der Waals surface area contributed by atoms with Crippen molar-refractivity contribution in [1.82, 2.24) is 5.43 Å². The third-order valence-electron chi connectivity index (χ3n) is 3.76. The van der Waals surface area contributed by atoms with Gasteiger partial charge in [-0.3, -0.25) is 4.79 Å². The summed E-state index contributed by atoms with van der Waals surface area (Å²) in [6.07, 6.45) is 1.41. The molecule has 27 heavy (non-hydrogen) atoms. The lowest BCUT2D eigenvalue weighted by Crippen LogP contribution is -2.25. The summed E-state index contributed by atoms with van der Waals surface area (Å²) in [6.45, 7) is 1.94. The molecule has 0 fully saturated rings. The maximum absolute atomic E-state index is 12.8. The Bertz CT molecular complexity index is 968. The van der Waals surface area contributed by atoms with Gasteiger partial charge in [-0.1, -0.05) is 23.7 Å². The highest BCUT2D eigenvalue weighted by atomic mass is 35.5. The number of halogens is 2. The van der Waals surface area contributed by atoms with Crippen molar-refractivity contribution in [3.05, 3.63) is 76.8 Å². The molecule has 1 heterocycles. The van der Waals surface area contributed by atoms with E-state index >= 15 is 0 Å². The second-order valence-electron chi connectivity index (χ2n) is 5.82. The van der Waals surface area contributed by atoms with Gasteiger partial charge in [0.15, 0.2) is 0 Å². The van der Waals surface area contributed by atoms with E-state index < -0.39 is 0 Å². The van der Waals surface area contributed by atoms with E-state index in [-0.39, 0.29) is 18.3 Å². The number of rotatable bonds is 6. The largest absolute Gasteiger partial charge is 0.455 e. The van der Waals surface area contributed by atoms with Gasteiger partial charge >= 0.3 is 0 Å². The molecule has 3 rings (SSSR count). The van der Waals surface area contributed by atoms with E-state index in [0.717, 1.165) is 11.1 Å². The molecule has 0 saturated carbocycles. The number of nitrogens with one attached hydrogen (secondary N) is 2. The molecule has 0 aliphatic rings. The van der Waals surface area contributed by atoms with Gasteiger partial charge in [0, 0.05) is 16.3 Å². The molecule has 0 aliphatic heterocycles. The number of hydrogen-bond donors (Lipinski definition) is 2. The molecular formula is C20H17ClFN3O2. The average Bonchev–Trinajstić information content (AvgIpc) is 3.12. The summed E-state index contributed by atoms with van der Waals surface area (Å²) in [5, 5.41) is 7.40. The lowest BCUT2D eigenvalue weighted by molar-refractivity contribution is -0.119. The number of furan rings is 1. The van der Waals surface area contributed by atoms with Crippen LogP contribution in [0.5, 0.6) is 0 Å². The number of aryl methyl sites for hydroxylation is 1. The summed E-state index contributed by atoms with van der Waals surface area (Å²) in [4.78, 5) is 11.8. The van der Waals surface area contributed by atoms with Crippen LogP contribution in [0.1, 0.15) is 11.3 Å². The summed E-state index contributed by atoms with van der Waals surface area (Å²) >= 11 is 6.13. The monoisotopic (exact) mass is 385 g/mol. The first-order chi connectivity index (χ1) is 13.0. The van der Waals surface area contributed by atoms with Gasteiger partial charge in [0.25, 0.3) is 5.91 Å². The zero-order chi connectivity index (χ0) is 19.2. The minimum Gasteiger partial charge on any atom is -0.455 e. The van der Waals surface area contributed by atoms with Gasteiger partial charge in [-0.05, 0) is 55.0 Å². The van der Waals surface area contributed by atoms with Gasteiger partial charge in [-0.15, -0.1) is 0 Å². The fourth-order valence-corrected chi connectivity index (χ4v) is 2.46. The third-order valence-corrected chi connectivity index (χ3v) is 4.17. The second-order valence-corrected chi connectivity index (χ2v) is 6.23. The van der Waals surface area contributed by atoms with Crippen molar-refractivity contribution in [2.75, 3.05) is 11.9 Å². The molecule has 2 aromatic carbocycles. The molecule has 1 amide bonds. The average molecular weight is 386 g/mol. The number of anilines is 1. The van der Waals surface area contributed by atoms with Crippen LogP contribution in [-0.2, 0) is 4.79 Å². The summed E-state index contributed by atoms with van der Waals surface area (Å²) in [5.74, 6) is 0.476. The topological polar surface area (TPSA) is 66.6 Å². The van der Waals surface area contributed by atoms with Gasteiger partial charge in [0.2, 0.25) is 0 Å². The first kappa shape index (κ1) is 18.7. The lowest BCUT2D eigenvalue weighted by atomic mass is 10.1. The van der Waals surface area contributed by atoms with E-state index in [1.807, 2.05) is 25.1 Å². The van der Waals surface area contributed by atoms with Crippen LogP contribution in [0.4, 0.5) is 10.1 Å². The highest BCUT2D eigenvalue weighted by Crippen LogP contribution is 2.26. The van der Waals surface area contributed by atoms with Gasteiger partial charge in [0.1, 0.15) is 17.3 Å². The van der Waals surface area contributed by atoms with Crippen molar-refractivity contribution in [2.45, 2.75) is 6.92 Å². The molecule has 0 radical (unpaired) electrons. The smallest absolute Gasteiger partial charge is 0.259 e. The zero-order valence-electron chi connectivity index (χ0n) is 14.5. The van der Waals surface area contributed by atoms with Crippen LogP contribution < -0.4 is 10.7 Å². The predicted molar refractivity (Wildman–Crippen MR) is 105 cm³/mol. The minimum atomic E-state index is -0.340. The van der Waals surface area contributed by atoms with Crippen molar-refractivity contribution >= 4 is 29.4 Å². The van der Waals surface area contributed by atoms with Crippen LogP contribution in [-0.4, -0.2) is 18.7 Å². The van der Waals surface area contributed by atoms with Gasteiger partial charge in [-0.2, -0.15) is 5.10 Å². The fourth-order valence-electron chi connectivity index (χ4n) is 2.28. The van der Waals surface area contributed by atoms with Crippen LogP contribution in [0, 0.1) is 12.7 Å². The Morgan fingerprint density at radius 1 is 1.19 bits per heavy atom. The Hall–Kier alpha value is -3.12. The first-order valence-electron chi connectivity index (χ1n) is 8.19. The standard InChI is InChI=1S/C20H17ClFN3O2/c1-13-2-3-14(10-18(13)21)19-9-8-17(27-19)11-24-25-20(26)12-23-16-6-4-15(22)5-7-16/h2-11,23H,12H2,1H3,(H,25,26)/b24-11-. The van der Waals surface area contributed by atoms with E-state index in [1.54, 1.807) is 24.3 Å². The van der Waals surface area contributed by atoms with Crippen LogP contribution in [0.3, 0.4) is 0 Å². The predicted octanol–water partition coefficient (Wildman–Crippen LogP) is 4.61. The summed E-state index contributed by atoms with van der Waals surface area (Å²) < 4.78 is 18.5. The number of hydrogen-bond acceptors (Lipinski definition) is 4. The van der Waals surface area contributed by atoms with E-state index in [4.69, 9.17) is 16.0 Å². The quantitative estimate of drug-likeness (QED) is 0.481. The molecule has 0 atom stereocenters. The highest BCUT2D eigenvalue weighted by Gasteiger charge is 2.06. The molecule has 5 nitrogen and oxygen atoms in total. The molecule has 3 aromatic rings. The number of benzene rings is 2. The molecule has 7 heteroatoms. The molecule has 0 saturated heterocycles. The van der Waals surface area contributed by atoms with Crippen LogP contribution in [0.15, 0.2) is 64.1 Å². The van der Waals surface area contributed by atoms with E-state index in [0.29, 0.717) is 22.2 Å². The third kappa shape index (κ3) is 5.18. The molecule has 0 spiro atoms. The number of nitrogens with zero attached hydrogens (tertiary/aromatic N) is 1. The van der Waals surface area contributed by atoms with Crippen molar-refractivity contribution in [2.24, 2.45) is 5.10 Å². The Balaban J connectivity index is 1.52. The van der Waals surface area contributed by atoms with Gasteiger partial charge < -0.3 is 9.73 Å². The molecule has 2 N–H and O–H groups in total. The van der Waals surface area contributed by atoms with Crippen molar-refractivity contribution in [3.8, 4) is 11.3 Å². The highest BCUT2D eigenvalue weighted by molar-refractivity contribution is 6.31. The normalized spacial score (nSPS) is 10.9. The van der Waals surface area contributed by atoms with E-state index in [2.05, 4.69) is 15.8 Å². The Labute approximate surface area is 160 Å². The lowest BCUT2D eigenvalue weighted by Gasteiger charge is -2.04. The van der Waals surface area contributed by atoms with Crippen molar-refractivity contribution in [3.63, 3.8) is 0 Å². The Morgan fingerprint density at radius 3 is 2.70 bits per heavy atom. The van der Waals surface area contributed by atoms with Crippen LogP contribution in [0.2, 0.25) is 5.02 Å². The van der Waals surface area contributed by atoms with Crippen LogP contribution >= 0.6 is 11.6 Å². The number of carbonyl (C=O) groups excluding carboxylic acids is 1. The van der Waals surface area contributed by atoms with Gasteiger partial charge in [-0.25, -0.2) is 9.82 Å².